The molecule has 0 aliphatic heterocycles. The van der Waals surface area contributed by atoms with Gasteiger partial charge in [0.1, 0.15) is 11.3 Å². The van der Waals surface area contributed by atoms with E-state index in [9.17, 15) is 0 Å². The van der Waals surface area contributed by atoms with Crippen molar-refractivity contribution in [3.05, 3.63) is 248 Å². The summed E-state index contributed by atoms with van der Waals surface area (Å²) in [5, 5.41) is 8.33. The second-order valence-electron chi connectivity index (χ2n) is 18.4. The van der Waals surface area contributed by atoms with Gasteiger partial charge >= 0.3 is 0 Å². The number of nitrogens with zero attached hydrogens (tertiary/aromatic N) is 1. The SMILES string of the molecule is CC1(C)c2ccccc2-c2ccc(N(c3ccc(-c4ccc5c(c4)c4ccccc4c4c(-c6ccccc6)c(-c6ccccc6)oc54)cc3)c3ccc(-c4cccc5ccccc45)cc3)cc21. The van der Waals surface area contributed by atoms with Gasteiger partial charge in [-0.3, -0.25) is 0 Å². The normalized spacial score (nSPS) is 12.7. The van der Waals surface area contributed by atoms with Crippen molar-refractivity contribution in [1.82, 2.24) is 0 Å². The lowest BCUT2D eigenvalue weighted by Gasteiger charge is -2.28. The molecule has 0 spiro atoms. The van der Waals surface area contributed by atoms with E-state index in [-0.39, 0.29) is 5.41 Å². The van der Waals surface area contributed by atoms with Gasteiger partial charge in [-0.1, -0.05) is 202 Å². The Balaban J connectivity index is 0.935. The maximum Gasteiger partial charge on any atom is 0.143 e. The first-order chi connectivity index (χ1) is 33.0. The molecule has 12 aromatic rings. The van der Waals surface area contributed by atoms with Gasteiger partial charge in [0.05, 0.1) is 0 Å². The predicted octanol–water partition coefficient (Wildman–Crippen LogP) is 18.3. The minimum absolute atomic E-state index is 0.122. The molecule has 1 aromatic heterocycles. The number of furan rings is 1. The standard InChI is InChI=1S/C65H45NO/c1-65(2)59-27-14-13-24-54(59)55-39-37-50(41-60(55)65)66(49-35-30-44(31-36-49)52-26-15-21-43-16-9-10-22-51(43)52)48-33-28-42(29-34-48)47-32-38-57-58(40-47)53-23-11-12-25-56(53)62-61(45-17-5-3-6-18-45)63(67-64(57)62)46-19-7-4-8-20-46/h3-41H,1-2H3. The van der Waals surface area contributed by atoms with Crippen molar-refractivity contribution in [3.8, 4) is 55.8 Å². The van der Waals surface area contributed by atoms with Gasteiger partial charge in [0.25, 0.3) is 0 Å². The second-order valence-corrected chi connectivity index (χ2v) is 18.4. The summed E-state index contributed by atoms with van der Waals surface area (Å²) in [5.74, 6) is 0.892. The maximum absolute atomic E-state index is 7.04. The first-order valence-electron chi connectivity index (χ1n) is 23.2. The third-order valence-corrected chi connectivity index (χ3v) is 14.3. The minimum Gasteiger partial charge on any atom is -0.455 e. The average molecular weight is 856 g/mol. The lowest BCUT2D eigenvalue weighted by Crippen LogP contribution is -2.16. The average Bonchev–Trinajstić information content (AvgIpc) is 3.90. The van der Waals surface area contributed by atoms with Crippen LogP contribution in [0, 0.1) is 0 Å². The van der Waals surface area contributed by atoms with Gasteiger partial charge in [0, 0.05) is 44.4 Å². The van der Waals surface area contributed by atoms with E-state index in [4.69, 9.17) is 4.42 Å². The Kier molecular flexibility index (Phi) is 8.91. The van der Waals surface area contributed by atoms with Crippen LogP contribution in [-0.4, -0.2) is 0 Å². The first kappa shape index (κ1) is 39.0. The summed E-state index contributed by atoms with van der Waals surface area (Å²) in [6, 6.07) is 86.1. The smallest absolute Gasteiger partial charge is 0.143 e. The van der Waals surface area contributed by atoms with Gasteiger partial charge in [-0.05, 0) is 126 Å². The van der Waals surface area contributed by atoms with E-state index in [0.717, 1.165) is 67.0 Å². The molecule has 0 amide bonds. The Bertz CT molecular complexity index is 3860. The van der Waals surface area contributed by atoms with Crippen LogP contribution in [0.4, 0.5) is 17.1 Å². The number of hydrogen-bond acceptors (Lipinski definition) is 2. The van der Waals surface area contributed by atoms with Crippen LogP contribution in [0.15, 0.2) is 241 Å². The van der Waals surface area contributed by atoms with E-state index >= 15 is 0 Å². The van der Waals surface area contributed by atoms with Crippen molar-refractivity contribution in [2.75, 3.05) is 4.90 Å². The zero-order chi connectivity index (χ0) is 44.6. The highest BCUT2D eigenvalue weighted by Gasteiger charge is 2.36. The van der Waals surface area contributed by atoms with Crippen LogP contribution in [0.25, 0.3) is 99.1 Å². The monoisotopic (exact) mass is 855 g/mol. The third kappa shape index (κ3) is 6.25. The van der Waals surface area contributed by atoms with E-state index in [1.165, 1.54) is 60.3 Å². The zero-order valence-electron chi connectivity index (χ0n) is 37.4. The van der Waals surface area contributed by atoms with E-state index in [0.29, 0.717) is 0 Å². The highest BCUT2D eigenvalue weighted by atomic mass is 16.3. The Morgan fingerprint density at radius 1 is 0.343 bits per heavy atom. The topological polar surface area (TPSA) is 16.4 Å². The van der Waals surface area contributed by atoms with Crippen LogP contribution in [-0.2, 0) is 5.41 Å². The van der Waals surface area contributed by atoms with E-state index in [1.807, 2.05) is 0 Å². The molecule has 11 aromatic carbocycles. The van der Waals surface area contributed by atoms with E-state index in [2.05, 4.69) is 255 Å². The fourth-order valence-corrected chi connectivity index (χ4v) is 11.0. The Labute approximate surface area is 390 Å². The number of rotatable bonds is 7. The molecule has 0 radical (unpaired) electrons. The molecule has 0 unspecified atom stereocenters. The van der Waals surface area contributed by atoms with Gasteiger partial charge in [0.2, 0.25) is 0 Å². The Morgan fingerprint density at radius 2 is 0.910 bits per heavy atom. The van der Waals surface area contributed by atoms with Crippen molar-refractivity contribution < 1.29 is 4.42 Å². The summed E-state index contributed by atoms with van der Waals surface area (Å²) in [5.41, 5.74) is 17.6. The number of fused-ring (bicyclic) bond motifs is 10. The van der Waals surface area contributed by atoms with Gasteiger partial charge in [-0.15, -0.1) is 0 Å². The molecular formula is C65H45NO. The second kappa shape index (κ2) is 15.3. The zero-order valence-corrected chi connectivity index (χ0v) is 37.4. The number of hydrogen-bond donors (Lipinski definition) is 0. The molecule has 0 saturated carbocycles. The fraction of sp³-hybridized carbons (Fsp3) is 0.0462. The van der Waals surface area contributed by atoms with Gasteiger partial charge in [0.15, 0.2) is 0 Å². The molecule has 0 bridgehead atoms. The molecule has 67 heavy (non-hydrogen) atoms. The molecule has 1 heterocycles. The molecule has 1 aliphatic rings. The molecule has 0 fully saturated rings. The van der Waals surface area contributed by atoms with Gasteiger partial charge < -0.3 is 9.32 Å². The summed E-state index contributed by atoms with van der Waals surface area (Å²) < 4.78 is 7.04. The molecule has 0 saturated heterocycles. The van der Waals surface area contributed by atoms with Crippen molar-refractivity contribution >= 4 is 60.3 Å². The van der Waals surface area contributed by atoms with Crippen LogP contribution in [0.5, 0.6) is 0 Å². The van der Waals surface area contributed by atoms with E-state index in [1.54, 1.807) is 0 Å². The van der Waals surface area contributed by atoms with Crippen molar-refractivity contribution in [2.24, 2.45) is 0 Å². The Morgan fingerprint density at radius 3 is 1.67 bits per heavy atom. The van der Waals surface area contributed by atoms with Crippen LogP contribution in [0.3, 0.4) is 0 Å². The van der Waals surface area contributed by atoms with Crippen molar-refractivity contribution in [3.63, 3.8) is 0 Å². The summed E-state index contributed by atoms with van der Waals surface area (Å²) in [6.45, 7) is 4.71. The first-order valence-corrected chi connectivity index (χ1v) is 23.2. The Hall–Kier alpha value is -8.46. The fourth-order valence-electron chi connectivity index (χ4n) is 11.0. The minimum atomic E-state index is -0.122. The molecular weight excluding hydrogens is 811 g/mol. The highest BCUT2D eigenvalue weighted by molar-refractivity contribution is 6.29. The molecule has 1 aliphatic carbocycles. The summed E-state index contributed by atoms with van der Waals surface area (Å²) in [4.78, 5) is 2.41. The quantitative estimate of drug-likeness (QED) is 0.149. The highest BCUT2D eigenvalue weighted by Crippen LogP contribution is 2.51. The maximum atomic E-state index is 7.04. The molecule has 316 valence electrons. The lowest BCUT2D eigenvalue weighted by molar-refractivity contribution is 0.636. The van der Waals surface area contributed by atoms with Gasteiger partial charge in [-0.25, -0.2) is 0 Å². The molecule has 13 rings (SSSR count). The molecule has 0 N–H and O–H groups in total. The molecule has 0 atom stereocenters. The lowest BCUT2D eigenvalue weighted by atomic mass is 9.82. The molecule has 2 nitrogen and oxygen atoms in total. The molecule has 2 heteroatoms. The summed E-state index contributed by atoms with van der Waals surface area (Å²) in [6.07, 6.45) is 0. The number of anilines is 3. The number of benzene rings is 11. The predicted molar refractivity (Wildman–Crippen MR) is 283 cm³/mol. The summed E-state index contributed by atoms with van der Waals surface area (Å²) >= 11 is 0. The van der Waals surface area contributed by atoms with Crippen LogP contribution < -0.4 is 4.90 Å². The largest absolute Gasteiger partial charge is 0.455 e. The van der Waals surface area contributed by atoms with Crippen LogP contribution in [0.2, 0.25) is 0 Å². The van der Waals surface area contributed by atoms with Crippen LogP contribution in [0.1, 0.15) is 25.0 Å². The van der Waals surface area contributed by atoms with E-state index < -0.39 is 0 Å². The van der Waals surface area contributed by atoms with Gasteiger partial charge in [-0.2, -0.15) is 0 Å². The third-order valence-electron chi connectivity index (χ3n) is 14.3. The summed E-state index contributed by atoms with van der Waals surface area (Å²) in [7, 11) is 0. The van der Waals surface area contributed by atoms with Crippen molar-refractivity contribution in [1.29, 1.82) is 0 Å². The van der Waals surface area contributed by atoms with Crippen LogP contribution >= 0.6 is 0 Å². The van der Waals surface area contributed by atoms with Crippen molar-refractivity contribution in [2.45, 2.75) is 19.3 Å².